The number of hydrogen-bond donors (Lipinski definition) is 1. The van der Waals surface area contributed by atoms with Crippen molar-refractivity contribution in [2.24, 2.45) is 0 Å². The van der Waals surface area contributed by atoms with E-state index >= 15 is 0 Å². The van der Waals surface area contributed by atoms with Crippen molar-refractivity contribution in [3.63, 3.8) is 0 Å². The molecule has 22 heavy (non-hydrogen) atoms. The topological polar surface area (TPSA) is 63.1 Å². The Morgan fingerprint density at radius 3 is 2.77 bits per heavy atom. The molecule has 0 aliphatic rings. The highest BCUT2D eigenvalue weighted by atomic mass is 16.2. The highest BCUT2D eigenvalue weighted by molar-refractivity contribution is 5.74. The van der Waals surface area contributed by atoms with Gasteiger partial charge in [0.15, 0.2) is 0 Å². The van der Waals surface area contributed by atoms with Crippen LogP contribution in [0.3, 0.4) is 0 Å². The third kappa shape index (κ3) is 5.20. The zero-order chi connectivity index (χ0) is 15.6. The maximum atomic E-state index is 12.3. The summed E-state index contributed by atoms with van der Waals surface area (Å²) in [5, 5.41) is 2.95. The van der Waals surface area contributed by atoms with Crippen LogP contribution in [0.25, 0.3) is 0 Å². The molecule has 2 heterocycles. The number of pyridine rings is 1. The lowest BCUT2D eigenvalue weighted by molar-refractivity contribution is 0.193. The number of hydrogen-bond acceptors (Lipinski definition) is 3. The molecule has 0 aromatic carbocycles. The minimum absolute atomic E-state index is 0.00991. The van der Waals surface area contributed by atoms with Gasteiger partial charge in [-0.15, -0.1) is 0 Å². The maximum absolute atomic E-state index is 12.3. The molecule has 118 valence electrons. The Morgan fingerprint density at radius 2 is 2.09 bits per heavy atom. The van der Waals surface area contributed by atoms with E-state index < -0.39 is 0 Å². The van der Waals surface area contributed by atoms with Gasteiger partial charge in [0, 0.05) is 51.0 Å². The summed E-state index contributed by atoms with van der Waals surface area (Å²) in [6, 6.07) is 3.87. The first-order valence-corrected chi connectivity index (χ1v) is 7.67. The average molecular weight is 301 g/mol. The smallest absolute Gasteiger partial charge is 0.317 e. The van der Waals surface area contributed by atoms with Crippen molar-refractivity contribution >= 4 is 6.03 Å². The molecule has 2 aromatic heterocycles. The van der Waals surface area contributed by atoms with Gasteiger partial charge >= 0.3 is 6.03 Å². The van der Waals surface area contributed by atoms with E-state index in [1.807, 2.05) is 34.7 Å². The van der Waals surface area contributed by atoms with Crippen LogP contribution in [0.15, 0.2) is 43.2 Å². The lowest BCUT2D eigenvalue weighted by Gasteiger charge is -2.23. The first kappa shape index (κ1) is 16.0. The molecule has 6 heteroatoms. The average Bonchev–Trinajstić information content (AvgIpc) is 3.06. The summed E-state index contributed by atoms with van der Waals surface area (Å²) < 4.78 is 2.02. The molecule has 0 bridgehead atoms. The van der Waals surface area contributed by atoms with Crippen molar-refractivity contribution in [3.8, 4) is 0 Å². The molecule has 0 aliphatic heterocycles. The van der Waals surface area contributed by atoms with Crippen LogP contribution in [0.5, 0.6) is 0 Å². The molecule has 1 N–H and O–H groups in total. The van der Waals surface area contributed by atoms with E-state index in [1.54, 1.807) is 24.9 Å². The summed E-state index contributed by atoms with van der Waals surface area (Å²) in [6.45, 7) is 4.91. The Hall–Kier alpha value is -2.37. The third-order valence-corrected chi connectivity index (χ3v) is 3.34. The van der Waals surface area contributed by atoms with Crippen molar-refractivity contribution in [2.75, 3.05) is 13.1 Å². The van der Waals surface area contributed by atoms with Gasteiger partial charge in [0.1, 0.15) is 0 Å². The van der Waals surface area contributed by atoms with Crippen LogP contribution in [-0.4, -0.2) is 38.6 Å². The predicted octanol–water partition coefficient (Wildman–Crippen LogP) is 2.29. The van der Waals surface area contributed by atoms with E-state index in [2.05, 4.69) is 15.3 Å². The number of urea groups is 1. The van der Waals surface area contributed by atoms with Crippen LogP contribution in [0.1, 0.15) is 25.3 Å². The second-order valence-electron chi connectivity index (χ2n) is 5.16. The molecule has 0 spiro atoms. The van der Waals surface area contributed by atoms with E-state index in [0.717, 1.165) is 24.9 Å². The maximum Gasteiger partial charge on any atom is 0.317 e. The first-order valence-electron chi connectivity index (χ1n) is 7.67. The molecule has 6 nitrogen and oxygen atoms in total. The molecule has 0 fully saturated rings. The molecule has 0 saturated carbocycles. The van der Waals surface area contributed by atoms with E-state index in [9.17, 15) is 4.79 Å². The second-order valence-corrected chi connectivity index (χ2v) is 5.16. The predicted molar refractivity (Wildman–Crippen MR) is 85.2 cm³/mol. The number of aryl methyl sites for hydroxylation is 1. The Morgan fingerprint density at radius 1 is 1.27 bits per heavy atom. The highest BCUT2D eigenvalue weighted by Gasteiger charge is 2.13. The van der Waals surface area contributed by atoms with Crippen molar-refractivity contribution in [3.05, 3.63) is 48.8 Å². The number of aromatic nitrogens is 3. The van der Waals surface area contributed by atoms with E-state index in [1.165, 1.54) is 0 Å². The van der Waals surface area contributed by atoms with Crippen LogP contribution < -0.4 is 5.32 Å². The summed E-state index contributed by atoms with van der Waals surface area (Å²) in [4.78, 5) is 22.2. The minimum atomic E-state index is -0.00991. The fourth-order valence-electron chi connectivity index (χ4n) is 2.17. The zero-order valence-corrected chi connectivity index (χ0v) is 13.0. The largest absolute Gasteiger partial charge is 0.338 e. The Labute approximate surface area is 131 Å². The molecule has 0 saturated heterocycles. The summed E-state index contributed by atoms with van der Waals surface area (Å²) in [7, 11) is 0. The normalized spacial score (nSPS) is 10.4. The van der Waals surface area contributed by atoms with Crippen LogP contribution >= 0.6 is 0 Å². The van der Waals surface area contributed by atoms with Gasteiger partial charge < -0.3 is 14.8 Å². The molecular weight excluding hydrogens is 278 g/mol. The van der Waals surface area contributed by atoms with Gasteiger partial charge in [-0.1, -0.05) is 6.92 Å². The lowest BCUT2D eigenvalue weighted by atomic mass is 10.2. The summed E-state index contributed by atoms with van der Waals surface area (Å²) >= 11 is 0. The van der Waals surface area contributed by atoms with Crippen LogP contribution in [0.2, 0.25) is 0 Å². The Kier molecular flexibility index (Phi) is 6.41. The standard InChI is InChI=1S/C16H23N5O/c1-2-6-19-16(22)21(13-15-4-7-17-8-5-15)11-3-10-20-12-9-18-14-20/h4-5,7-9,12,14H,2-3,6,10-11,13H2,1H3,(H,19,22). The molecule has 0 aliphatic carbocycles. The van der Waals surface area contributed by atoms with Crippen molar-refractivity contribution in [2.45, 2.75) is 32.9 Å². The quantitative estimate of drug-likeness (QED) is 0.813. The van der Waals surface area contributed by atoms with Crippen molar-refractivity contribution < 1.29 is 4.79 Å². The number of imidazole rings is 1. The lowest BCUT2D eigenvalue weighted by Crippen LogP contribution is -2.40. The van der Waals surface area contributed by atoms with E-state index in [4.69, 9.17) is 0 Å². The summed E-state index contributed by atoms with van der Waals surface area (Å²) in [5.41, 5.74) is 1.09. The van der Waals surface area contributed by atoms with Crippen molar-refractivity contribution in [1.82, 2.24) is 24.8 Å². The fourth-order valence-corrected chi connectivity index (χ4v) is 2.17. The van der Waals surface area contributed by atoms with E-state index in [0.29, 0.717) is 19.6 Å². The monoisotopic (exact) mass is 301 g/mol. The number of nitrogens with one attached hydrogen (secondary N) is 1. The molecule has 0 unspecified atom stereocenters. The number of nitrogens with zero attached hydrogens (tertiary/aromatic N) is 4. The van der Waals surface area contributed by atoms with Crippen LogP contribution in [0.4, 0.5) is 4.79 Å². The molecule has 0 atom stereocenters. The number of amides is 2. The zero-order valence-electron chi connectivity index (χ0n) is 13.0. The molecular formula is C16H23N5O. The van der Waals surface area contributed by atoms with Gasteiger partial charge in [-0.3, -0.25) is 4.98 Å². The highest BCUT2D eigenvalue weighted by Crippen LogP contribution is 2.05. The third-order valence-electron chi connectivity index (χ3n) is 3.34. The van der Waals surface area contributed by atoms with Gasteiger partial charge in [0.2, 0.25) is 0 Å². The molecule has 2 rings (SSSR count). The minimum Gasteiger partial charge on any atom is -0.338 e. The summed E-state index contributed by atoms with van der Waals surface area (Å²) in [5.74, 6) is 0. The van der Waals surface area contributed by atoms with Gasteiger partial charge in [-0.05, 0) is 30.5 Å². The molecule has 2 amide bonds. The van der Waals surface area contributed by atoms with Gasteiger partial charge in [0.25, 0.3) is 0 Å². The Balaban J connectivity index is 1.90. The number of rotatable bonds is 8. The number of carbonyl (C=O) groups excluding carboxylic acids is 1. The Bertz CT molecular complexity index is 541. The van der Waals surface area contributed by atoms with Gasteiger partial charge in [0.05, 0.1) is 6.33 Å². The van der Waals surface area contributed by atoms with Crippen molar-refractivity contribution in [1.29, 1.82) is 0 Å². The van der Waals surface area contributed by atoms with Crippen LogP contribution in [-0.2, 0) is 13.1 Å². The first-order chi connectivity index (χ1) is 10.8. The second kappa shape index (κ2) is 8.81. The molecule has 2 aromatic rings. The molecule has 0 radical (unpaired) electrons. The fraction of sp³-hybridized carbons (Fsp3) is 0.438. The van der Waals surface area contributed by atoms with Gasteiger partial charge in [-0.2, -0.15) is 0 Å². The SMILES string of the molecule is CCCNC(=O)N(CCCn1ccnc1)Cc1ccncc1. The number of carbonyl (C=O) groups is 1. The summed E-state index contributed by atoms with van der Waals surface area (Å²) in [6.07, 6.45) is 10.8. The van der Waals surface area contributed by atoms with Gasteiger partial charge in [-0.25, -0.2) is 9.78 Å². The van der Waals surface area contributed by atoms with Crippen LogP contribution in [0, 0.1) is 0 Å². The van der Waals surface area contributed by atoms with E-state index in [-0.39, 0.29) is 6.03 Å².